The van der Waals surface area contributed by atoms with E-state index in [0.29, 0.717) is 25.0 Å². The van der Waals surface area contributed by atoms with E-state index in [-0.39, 0.29) is 18.3 Å². The number of nitrogens with one attached hydrogen (secondary N) is 1. The topological polar surface area (TPSA) is 38.3 Å². The van der Waals surface area contributed by atoms with Gasteiger partial charge in [-0.2, -0.15) is 0 Å². The Morgan fingerprint density at radius 3 is 2.64 bits per heavy atom. The Morgan fingerprint density at radius 1 is 1.14 bits per heavy atom. The fourth-order valence-corrected chi connectivity index (χ4v) is 2.30. The summed E-state index contributed by atoms with van der Waals surface area (Å²) >= 11 is 3.40. The van der Waals surface area contributed by atoms with Crippen LogP contribution in [0.5, 0.6) is 5.75 Å². The SMILES string of the molecule is O=C(CCCOc1ccccc1Br)NCc1ccccc1F. The van der Waals surface area contributed by atoms with Gasteiger partial charge < -0.3 is 10.1 Å². The van der Waals surface area contributed by atoms with Crippen LogP contribution in [0.3, 0.4) is 0 Å². The number of halogens is 2. The first kappa shape index (κ1) is 16.5. The molecule has 3 nitrogen and oxygen atoms in total. The third-order valence-electron chi connectivity index (χ3n) is 3.08. The lowest BCUT2D eigenvalue weighted by Crippen LogP contribution is -2.23. The molecule has 22 heavy (non-hydrogen) atoms. The maximum atomic E-state index is 13.4. The molecule has 0 atom stereocenters. The summed E-state index contributed by atoms with van der Waals surface area (Å²) in [7, 11) is 0. The summed E-state index contributed by atoms with van der Waals surface area (Å²) in [4.78, 5) is 11.7. The summed E-state index contributed by atoms with van der Waals surface area (Å²) in [5, 5.41) is 2.71. The van der Waals surface area contributed by atoms with Crippen molar-refractivity contribution in [2.45, 2.75) is 19.4 Å². The summed E-state index contributed by atoms with van der Waals surface area (Å²) < 4.78 is 19.9. The van der Waals surface area contributed by atoms with Gasteiger partial charge in [0.1, 0.15) is 11.6 Å². The first-order chi connectivity index (χ1) is 10.7. The van der Waals surface area contributed by atoms with E-state index in [1.54, 1.807) is 18.2 Å². The minimum atomic E-state index is -0.305. The van der Waals surface area contributed by atoms with Crippen molar-refractivity contribution in [2.75, 3.05) is 6.61 Å². The third kappa shape index (κ3) is 5.15. The summed E-state index contributed by atoms with van der Waals surface area (Å²) in [6, 6.07) is 14.0. The number of para-hydroxylation sites is 1. The molecular weight excluding hydrogens is 349 g/mol. The van der Waals surface area contributed by atoms with E-state index in [2.05, 4.69) is 21.2 Å². The third-order valence-corrected chi connectivity index (χ3v) is 3.73. The molecule has 2 aromatic rings. The number of hydrogen-bond acceptors (Lipinski definition) is 2. The van der Waals surface area contributed by atoms with Gasteiger partial charge in [-0.15, -0.1) is 0 Å². The maximum Gasteiger partial charge on any atom is 0.220 e. The van der Waals surface area contributed by atoms with Gasteiger partial charge in [-0.1, -0.05) is 30.3 Å². The Balaban J connectivity index is 1.66. The Morgan fingerprint density at radius 2 is 1.86 bits per heavy atom. The molecular formula is C17H17BrFNO2. The summed E-state index contributed by atoms with van der Waals surface area (Å²) in [6.07, 6.45) is 0.948. The first-order valence-corrected chi connectivity index (χ1v) is 7.83. The Labute approximate surface area is 137 Å². The monoisotopic (exact) mass is 365 g/mol. The Bertz CT molecular complexity index is 634. The predicted molar refractivity (Wildman–Crippen MR) is 87.1 cm³/mol. The number of ether oxygens (including phenoxy) is 1. The first-order valence-electron chi connectivity index (χ1n) is 7.04. The molecule has 1 N–H and O–H groups in total. The van der Waals surface area contributed by atoms with Gasteiger partial charge in [-0.25, -0.2) is 4.39 Å². The van der Waals surface area contributed by atoms with Gasteiger partial charge in [0.15, 0.2) is 0 Å². The standard InChI is InChI=1S/C17H17BrFNO2/c18-14-7-2-4-9-16(14)22-11-5-10-17(21)20-12-13-6-1-3-8-15(13)19/h1-4,6-9H,5,10-12H2,(H,20,21). The lowest BCUT2D eigenvalue weighted by Gasteiger charge is -2.08. The van der Waals surface area contributed by atoms with Crippen LogP contribution in [0.25, 0.3) is 0 Å². The second kappa shape index (κ2) is 8.54. The highest BCUT2D eigenvalue weighted by Crippen LogP contribution is 2.23. The lowest BCUT2D eigenvalue weighted by molar-refractivity contribution is -0.121. The van der Waals surface area contributed by atoms with Gasteiger partial charge in [0.2, 0.25) is 5.91 Å². The quantitative estimate of drug-likeness (QED) is 0.751. The van der Waals surface area contributed by atoms with E-state index >= 15 is 0 Å². The van der Waals surface area contributed by atoms with Gasteiger partial charge >= 0.3 is 0 Å². The number of benzene rings is 2. The van der Waals surface area contributed by atoms with E-state index in [9.17, 15) is 9.18 Å². The summed E-state index contributed by atoms with van der Waals surface area (Å²) in [5.74, 6) is 0.341. The maximum absolute atomic E-state index is 13.4. The van der Waals surface area contributed by atoms with Crippen molar-refractivity contribution in [1.82, 2.24) is 5.32 Å². The van der Waals surface area contributed by atoms with Crippen molar-refractivity contribution in [1.29, 1.82) is 0 Å². The zero-order valence-electron chi connectivity index (χ0n) is 12.0. The number of hydrogen-bond donors (Lipinski definition) is 1. The molecule has 0 heterocycles. The van der Waals surface area contributed by atoms with Crippen molar-refractivity contribution in [3.05, 3.63) is 64.4 Å². The van der Waals surface area contributed by atoms with Crippen LogP contribution in [0, 0.1) is 5.82 Å². The smallest absolute Gasteiger partial charge is 0.220 e. The normalized spacial score (nSPS) is 10.3. The van der Waals surface area contributed by atoms with Gasteiger partial charge in [-0.05, 0) is 40.5 Å². The predicted octanol–water partition coefficient (Wildman–Crippen LogP) is 4.06. The fraction of sp³-hybridized carbons (Fsp3) is 0.235. The fourth-order valence-electron chi connectivity index (χ4n) is 1.90. The van der Waals surface area contributed by atoms with Crippen LogP contribution in [-0.2, 0) is 11.3 Å². The van der Waals surface area contributed by atoms with Gasteiger partial charge in [-0.3, -0.25) is 4.79 Å². The largest absolute Gasteiger partial charge is 0.492 e. The number of carbonyl (C=O) groups is 1. The molecule has 0 saturated carbocycles. The molecule has 1 amide bonds. The van der Waals surface area contributed by atoms with Crippen molar-refractivity contribution < 1.29 is 13.9 Å². The van der Waals surface area contributed by atoms with Crippen LogP contribution in [-0.4, -0.2) is 12.5 Å². The van der Waals surface area contributed by atoms with Gasteiger partial charge in [0.05, 0.1) is 11.1 Å². The number of amides is 1. The molecule has 5 heteroatoms. The average Bonchev–Trinajstić information content (AvgIpc) is 2.52. The van der Waals surface area contributed by atoms with E-state index in [1.807, 2.05) is 24.3 Å². The molecule has 0 saturated heterocycles. The van der Waals surface area contributed by atoms with Gasteiger partial charge in [0, 0.05) is 18.5 Å². The Hall–Kier alpha value is -1.88. The number of rotatable bonds is 7. The average molecular weight is 366 g/mol. The van der Waals surface area contributed by atoms with Crippen LogP contribution in [0.4, 0.5) is 4.39 Å². The molecule has 0 aromatic heterocycles. The molecule has 0 aliphatic rings. The van der Waals surface area contributed by atoms with Crippen LogP contribution < -0.4 is 10.1 Å². The molecule has 0 spiro atoms. The van der Waals surface area contributed by atoms with Crippen LogP contribution in [0.1, 0.15) is 18.4 Å². The van der Waals surface area contributed by atoms with Crippen LogP contribution in [0.2, 0.25) is 0 Å². The zero-order valence-corrected chi connectivity index (χ0v) is 13.6. The van der Waals surface area contributed by atoms with Crippen molar-refractivity contribution in [3.8, 4) is 5.75 Å². The molecule has 2 aromatic carbocycles. The van der Waals surface area contributed by atoms with E-state index in [1.165, 1.54) is 6.07 Å². The van der Waals surface area contributed by atoms with Crippen molar-refractivity contribution in [3.63, 3.8) is 0 Å². The van der Waals surface area contributed by atoms with Crippen LogP contribution >= 0.6 is 15.9 Å². The second-order valence-electron chi connectivity index (χ2n) is 4.75. The number of carbonyl (C=O) groups excluding carboxylic acids is 1. The lowest BCUT2D eigenvalue weighted by atomic mass is 10.2. The summed E-state index contributed by atoms with van der Waals surface area (Å²) in [5.41, 5.74) is 0.486. The molecule has 2 rings (SSSR count). The highest BCUT2D eigenvalue weighted by Gasteiger charge is 2.05. The molecule has 0 aliphatic carbocycles. The molecule has 0 unspecified atom stereocenters. The van der Waals surface area contributed by atoms with Crippen molar-refractivity contribution >= 4 is 21.8 Å². The van der Waals surface area contributed by atoms with Gasteiger partial charge in [0.25, 0.3) is 0 Å². The van der Waals surface area contributed by atoms with Crippen LogP contribution in [0.15, 0.2) is 53.0 Å². The Kier molecular flexibility index (Phi) is 6.40. The van der Waals surface area contributed by atoms with E-state index in [0.717, 1.165) is 10.2 Å². The molecule has 0 radical (unpaired) electrons. The summed E-state index contributed by atoms with van der Waals surface area (Å²) in [6.45, 7) is 0.659. The molecule has 0 fully saturated rings. The molecule has 116 valence electrons. The minimum Gasteiger partial charge on any atom is -0.492 e. The van der Waals surface area contributed by atoms with E-state index < -0.39 is 0 Å². The molecule has 0 bridgehead atoms. The minimum absolute atomic E-state index is 0.112. The highest BCUT2D eigenvalue weighted by molar-refractivity contribution is 9.10. The van der Waals surface area contributed by atoms with Crippen molar-refractivity contribution in [2.24, 2.45) is 0 Å². The highest BCUT2D eigenvalue weighted by atomic mass is 79.9. The van der Waals surface area contributed by atoms with E-state index in [4.69, 9.17) is 4.74 Å². The molecule has 0 aliphatic heterocycles. The zero-order chi connectivity index (χ0) is 15.8. The second-order valence-corrected chi connectivity index (χ2v) is 5.60.